The van der Waals surface area contributed by atoms with E-state index < -0.39 is 0 Å². The van der Waals surface area contributed by atoms with Gasteiger partial charge in [-0.3, -0.25) is 0 Å². The van der Waals surface area contributed by atoms with E-state index in [1.165, 1.54) is 274 Å². The number of fused-ring (bicyclic) bond motifs is 34. The molecule has 0 fully saturated rings. The topological polar surface area (TPSA) is 0 Å². The van der Waals surface area contributed by atoms with Crippen molar-refractivity contribution in [2.75, 3.05) is 0 Å². The molecule has 0 radical (unpaired) electrons. The first kappa shape index (κ1) is 77.7. The zero-order valence-corrected chi connectivity index (χ0v) is 73.8. The van der Waals surface area contributed by atoms with Gasteiger partial charge in [-0.1, -0.05) is 413 Å². The minimum absolute atomic E-state index is 1.04. The fourth-order valence-electron chi connectivity index (χ4n) is 23.2. The predicted octanol–water partition coefficient (Wildman–Crippen LogP) is 34.9. The third-order valence-corrected chi connectivity index (χ3v) is 29.4. The van der Waals surface area contributed by atoms with Crippen molar-refractivity contribution in [1.82, 2.24) is 0 Å². The lowest BCUT2D eigenvalue weighted by Crippen LogP contribution is -1.86. The smallest absolute Gasteiger partial charge is 0.00130 e. The maximum atomic E-state index is 2.48. The van der Waals surface area contributed by atoms with Crippen molar-refractivity contribution in [1.29, 1.82) is 0 Å². The molecule has 622 valence electrons. The first-order valence-corrected chi connectivity index (χ1v) is 47.1. The quantitative estimate of drug-likeness (QED) is 0.105. The Kier molecular flexibility index (Phi) is 18.9. The van der Waals surface area contributed by atoms with Gasteiger partial charge in [-0.25, -0.2) is 0 Å². The normalized spacial score (nSPS) is 12.6. The lowest BCUT2D eigenvalue weighted by molar-refractivity contribution is 1.24. The molecule has 0 nitrogen and oxygen atoms in total. The van der Waals surface area contributed by atoms with Crippen molar-refractivity contribution in [3.8, 4) is 77.9 Å². The van der Waals surface area contributed by atoms with E-state index in [0.29, 0.717) is 0 Å². The second-order valence-corrected chi connectivity index (χ2v) is 37.0. The van der Waals surface area contributed by atoms with Gasteiger partial charge in [0.1, 0.15) is 0 Å². The molecule has 7 aliphatic carbocycles. The number of hydrogen-bond donors (Lipinski definition) is 0. The molecular formula is C133H90. The maximum absolute atomic E-state index is 2.48. The van der Waals surface area contributed by atoms with E-state index in [2.05, 4.69) is 461 Å². The van der Waals surface area contributed by atoms with Gasteiger partial charge in [-0.15, -0.1) is 0 Å². The molecule has 0 heterocycles. The summed E-state index contributed by atoms with van der Waals surface area (Å²) in [5.74, 6) is 0. The Hall–Kier alpha value is -16.4. The number of hydrogen-bond acceptors (Lipinski definition) is 0. The van der Waals surface area contributed by atoms with Crippen LogP contribution in [0.2, 0.25) is 0 Å². The molecule has 0 atom stereocenters. The molecule has 7 aliphatic rings. The summed E-state index contributed by atoms with van der Waals surface area (Å²) < 4.78 is 0. The molecule has 0 aromatic heterocycles. The van der Waals surface area contributed by atoms with E-state index in [9.17, 15) is 0 Å². The summed E-state index contributed by atoms with van der Waals surface area (Å²) in [6.07, 6.45) is 7.49. The average Bonchev–Trinajstić information content (AvgIpc) is 1.54. The van der Waals surface area contributed by atoms with E-state index in [-0.39, 0.29) is 0 Å². The summed E-state index contributed by atoms with van der Waals surface area (Å²) in [6.45, 7) is 0. The van der Waals surface area contributed by atoms with Gasteiger partial charge >= 0.3 is 0 Å². The second-order valence-electron chi connectivity index (χ2n) is 37.0. The van der Waals surface area contributed by atoms with Crippen molar-refractivity contribution in [3.63, 3.8) is 0 Å². The van der Waals surface area contributed by atoms with Crippen LogP contribution >= 0.6 is 0 Å². The van der Waals surface area contributed by atoms with Crippen LogP contribution in [-0.4, -0.2) is 0 Å². The lowest BCUT2D eigenvalue weighted by atomic mass is 9.94. The van der Waals surface area contributed by atoms with Gasteiger partial charge in [-0.05, 0) is 368 Å². The Bertz CT molecular complexity index is 8520. The van der Waals surface area contributed by atoms with Crippen LogP contribution in [0, 0.1) is 0 Å². The standard InChI is InChI=1S/C28H18.C24H16.C20H14.C18H12.C16H10.C14H10.C13H10/c1-3-7-23-17(5-1)9-11-19-13-21-16-26-22(15-25(21)27(19)23)14-20-12-10-18-6-2-4-8-24(18)28(20)26;1-4-8-21-15(5-1)9-10-17-12-19-13-22-18(14-23(19)24(17)21)11-16-6-2-3-7-20(16)22;1-3-7-17-13(5-1)9-15-11-20-16(12-19(15)17)10-14-6-2-4-8-18(14)20;1-3-7-15-13(5-1)9-11-18-16-8-4-2-6-14(16)10-12-17(15)18;1-3-11-7-9-13-5-2-6-14-10-8-12(4-1)15(11)16(13)14;1-2-6-12-10-14-8-4-3-7-13(14)9-11(12)5-1;1-3-7-12-10(5-1)9-11-6-2-4-8-13(11)12/h1-12,15-16H,13-14H2;1-10,13-14H,11-12H2;1-8,11-12H,9-10H2;1-12H;1-10H;1-10H;1-8H,9H2. The van der Waals surface area contributed by atoms with Gasteiger partial charge in [0.2, 0.25) is 0 Å². The molecule has 0 saturated heterocycles. The van der Waals surface area contributed by atoms with E-state index in [4.69, 9.17) is 0 Å². The summed E-state index contributed by atoms with van der Waals surface area (Å²) >= 11 is 0. The molecule has 0 unspecified atom stereocenters. The van der Waals surface area contributed by atoms with Gasteiger partial charge < -0.3 is 0 Å². The first-order valence-electron chi connectivity index (χ1n) is 47.1. The molecule has 0 spiro atoms. The maximum Gasteiger partial charge on any atom is -0.00130 e. The van der Waals surface area contributed by atoms with Crippen LogP contribution in [0.5, 0.6) is 0 Å². The molecule has 32 rings (SSSR count). The summed E-state index contributed by atoms with van der Waals surface area (Å²) in [4.78, 5) is 0. The summed E-state index contributed by atoms with van der Waals surface area (Å²) in [7, 11) is 0. The van der Waals surface area contributed by atoms with Gasteiger partial charge in [-0.2, -0.15) is 0 Å². The number of rotatable bonds is 0. The van der Waals surface area contributed by atoms with Gasteiger partial charge in [0, 0.05) is 0 Å². The van der Waals surface area contributed by atoms with Crippen LogP contribution in [0.3, 0.4) is 0 Å². The third-order valence-electron chi connectivity index (χ3n) is 29.4. The molecule has 0 amide bonds. The van der Waals surface area contributed by atoms with Crippen LogP contribution in [0.15, 0.2) is 461 Å². The van der Waals surface area contributed by atoms with Crippen LogP contribution in [0.1, 0.15) is 77.9 Å². The van der Waals surface area contributed by atoms with Crippen molar-refractivity contribution in [2.45, 2.75) is 44.9 Å². The van der Waals surface area contributed by atoms with Crippen molar-refractivity contribution in [2.24, 2.45) is 0 Å². The molecule has 0 N–H and O–H groups in total. The largest absolute Gasteiger partial charge is 0.0619 e. The molecule has 0 bridgehead atoms. The van der Waals surface area contributed by atoms with Crippen molar-refractivity contribution in [3.05, 3.63) is 539 Å². The van der Waals surface area contributed by atoms with Crippen molar-refractivity contribution >= 4 is 118 Å². The monoisotopic (exact) mass is 1690 g/mol. The summed E-state index contributed by atoms with van der Waals surface area (Å²) in [5.41, 5.74) is 40.8. The van der Waals surface area contributed by atoms with E-state index in [1.54, 1.807) is 0 Å². The van der Waals surface area contributed by atoms with Crippen LogP contribution in [0.4, 0.5) is 0 Å². The van der Waals surface area contributed by atoms with Gasteiger partial charge in [0.25, 0.3) is 0 Å². The van der Waals surface area contributed by atoms with Crippen LogP contribution in [-0.2, 0) is 44.9 Å². The molecule has 133 heavy (non-hydrogen) atoms. The third kappa shape index (κ3) is 13.7. The van der Waals surface area contributed by atoms with Crippen LogP contribution in [0.25, 0.3) is 196 Å². The SMILES string of the molecule is c1cc2ccc3cccc4ccc(c1)c2c34.c1ccc2c(c1)Cc1cc3c(cc1-2)Cc1ccc2ccccc2c1-3.c1ccc2c(c1)Cc1cc3c(cc1-2)Cc1ccccc1-3.c1ccc2c(c1)Cc1ccccc1-2.c1ccc2c(c1)ccc1c3ccccc3ccc21.c1ccc2c3c(ccc2c1)Cc1cc2c(cc1-3)Cc1ccc3ccccc3c1-2.c1ccc2cc3ccccc3cc2c1. The zero-order valence-electron chi connectivity index (χ0n) is 73.8. The minimum atomic E-state index is 1.04. The minimum Gasteiger partial charge on any atom is -0.0619 e. The van der Waals surface area contributed by atoms with Crippen molar-refractivity contribution < 1.29 is 0 Å². The molecule has 0 saturated carbocycles. The van der Waals surface area contributed by atoms with Gasteiger partial charge in [0.05, 0.1) is 0 Å². The van der Waals surface area contributed by atoms with E-state index in [0.717, 1.165) is 44.9 Å². The molecular weight excluding hydrogens is 1600 g/mol. The Morgan fingerprint density at radius 1 is 0.0977 bits per heavy atom. The fourth-order valence-corrected chi connectivity index (χ4v) is 23.2. The highest BCUT2D eigenvalue weighted by Gasteiger charge is 2.31. The Labute approximate surface area is 774 Å². The summed E-state index contributed by atoms with van der Waals surface area (Å²) in [5, 5.41) is 29.5. The van der Waals surface area contributed by atoms with E-state index in [1.807, 2.05) is 0 Å². The molecule has 25 aromatic carbocycles. The lowest BCUT2D eigenvalue weighted by Gasteiger charge is -2.10. The van der Waals surface area contributed by atoms with Gasteiger partial charge in [0.15, 0.2) is 0 Å². The zero-order chi connectivity index (χ0) is 87.6. The van der Waals surface area contributed by atoms with Crippen LogP contribution < -0.4 is 0 Å². The summed E-state index contributed by atoms with van der Waals surface area (Å²) in [6, 6.07) is 168. The first-order chi connectivity index (χ1) is 65.9. The Morgan fingerprint density at radius 2 is 0.293 bits per heavy atom. The Morgan fingerprint density at radius 3 is 0.594 bits per heavy atom. The molecule has 25 aromatic rings. The average molecular weight is 1690 g/mol. The van der Waals surface area contributed by atoms with E-state index >= 15 is 0 Å². The molecule has 0 aliphatic heterocycles. The highest BCUT2D eigenvalue weighted by molar-refractivity contribution is 6.23. The molecule has 0 heteroatoms. The highest BCUT2D eigenvalue weighted by atomic mass is 14.3. The highest BCUT2D eigenvalue weighted by Crippen LogP contribution is 2.52. The second kappa shape index (κ2) is 32.4. The Balaban J connectivity index is 0.0000000823. The number of benzene rings is 25. The fraction of sp³-hybridized carbons (Fsp3) is 0.0526. The predicted molar refractivity (Wildman–Crippen MR) is 567 cm³/mol.